The quantitative estimate of drug-likeness (QED) is 0.513. The molecule has 6 heteroatoms. The Hall–Kier alpha value is -2.47. The van der Waals surface area contributed by atoms with Crippen molar-refractivity contribution < 1.29 is 17.9 Å². The first-order valence-corrected chi connectivity index (χ1v) is 10.7. The van der Waals surface area contributed by atoms with Crippen LogP contribution < -0.4 is 4.74 Å². The summed E-state index contributed by atoms with van der Waals surface area (Å²) in [5, 5.41) is 1.04. The van der Waals surface area contributed by atoms with Gasteiger partial charge in [-0.3, -0.25) is 4.90 Å². The molecule has 1 unspecified atom stereocenters. The average Bonchev–Trinajstić information content (AvgIpc) is 3.00. The number of halogens is 3. The first-order chi connectivity index (χ1) is 14.5. The van der Waals surface area contributed by atoms with Crippen molar-refractivity contribution in [3.8, 4) is 5.75 Å². The van der Waals surface area contributed by atoms with Gasteiger partial charge in [0.05, 0.1) is 12.1 Å². The van der Waals surface area contributed by atoms with Gasteiger partial charge < -0.3 is 9.72 Å². The van der Waals surface area contributed by atoms with Crippen LogP contribution in [0.4, 0.5) is 13.2 Å². The second kappa shape index (κ2) is 7.90. The van der Waals surface area contributed by atoms with E-state index in [1.807, 2.05) is 36.1 Å². The molecule has 0 bridgehead atoms. The molecular formula is C25H29F3N2O. The van der Waals surface area contributed by atoms with Gasteiger partial charge in [0.25, 0.3) is 0 Å². The van der Waals surface area contributed by atoms with Gasteiger partial charge in [0.15, 0.2) is 0 Å². The molecule has 3 nitrogen and oxygen atoms in total. The molecule has 4 rings (SSSR count). The van der Waals surface area contributed by atoms with Gasteiger partial charge in [-0.25, -0.2) is 13.2 Å². The van der Waals surface area contributed by atoms with Gasteiger partial charge in [0.2, 0.25) is 0 Å². The zero-order valence-corrected chi connectivity index (χ0v) is 18.6. The van der Waals surface area contributed by atoms with Gasteiger partial charge in [0.1, 0.15) is 23.1 Å². The molecule has 0 saturated carbocycles. The van der Waals surface area contributed by atoms with Crippen LogP contribution in [0.15, 0.2) is 36.4 Å². The van der Waals surface area contributed by atoms with E-state index in [0.29, 0.717) is 6.42 Å². The van der Waals surface area contributed by atoms with Crippen LogP contribution in [0.1, 0.15) is 57.5 Å². The predicted molar refractivity (Wildman–Crippen MR) is 117 cm³/mol. The van der Waals surface area contributed by atoms with Crippen LogP contribution in [0.2, 0.25) is 0 Å². The van der Waals surface area contributed by atoms with Gasteiger partial charge in [-0.15, -0.1) is 0 Å². The molecule has 1 aliphatic heterocycles. The van der Waals surface area contributed by atoms with Gasteiger partial charge in [0, 0.05) is 46.9 Å². The van der Waals surface area contributed by atoms with Crippen molar-refractivity contribution in [3.05, 3.63) is 64.9 Å². The van der Waals surface area contributed by atoms with Crippen LogP contribution >= 0.6 is 0 Å². The molecule has 0 saturated heterocycles. The maximum Gasteiger partial charge on any atom is 0.135 e. The van der Waals surface area contributed by atoms with E-state index in [0.717, 1.165) is 22.2 Å². The number of ether oxygens (including phenoxy) is 1. The Morgan fingerprint density at radius 1 is 1.16 bits per heavy atom. The average molecular weight is 431 g/mol. The minimum absolute atomic E-state index is 0.0523. The van der Waals surface area contributed by atoms with Crippen molar-refractivity contribution in [2.24, 2.45) is 0 Å². The van der Waals surface area contributed by atoms with Gasteiger partial charge in [-0.2, -0.15) is 0 Å². The van der Waals surface area contributed by atoms with E-state index in [1.165, 1.54) is 26.0 Å². The lowest BCUT2D eigenvalue weighted by molar-refractivity contribution is 0.0642. The first kappa shape index (κ1) is 21.8. The third kappa shape index (κ3) is 4.18. The second-order valence-electron chi connectivity index (χ2n) is 9.38. The predicted octanol–water partition coefficient (Wildman–Crippen LogP) is 6.32. The van der Waals surface area contributed by atoms with Crippen LogP contribution in [-0.4, -0.2) is 34.2 Å². The normalized spacial score (nSPS) is 19.8. The molecule has 0 radical (unpaired) electrons. The third-order valence-corrected chi connectivity index (χ3v) is 5.77. The molecule has 2 heterocycles. The maximum atomic E-state index is 15.4. The lowest BCUT2D eigenvalue weighted by Gasteiger charge is -2.43. The minimum Gasteiger partial charge on any atom is -0.491 e. The maximum absolute atomic E-state index is 15.4. The molecule has 2 aromatic carbocycles. The molecule has 1 aliphatic rings. The number of rotatable bonds is 5. The Kier molecular flexibility index (Phi) is 5.54. The SMILES string of the molecule is CC(C)Oc1cc(F)c(C2c3[nH]c4ccccc4c3C[C@@H](C)N2CC(C)(C)F)c(F)c1. The lowest BCUT2D eigenvalue weighted by atomic mass is 9.87. The molecule has 0 amide bonds. The topological polar surface area (TPSA) is 28.3 Å². The van der Waals surface area contributed by atoms with Gasteiger partial charge in [-0.05, 0) is 52.7 Å². The Balaban J connectivity index is 1.92. The fraction of sp³-hybridized carbons (Fsp3) is 0.440. The zero-order chi connectivity index (χ0) is 22.5. The highest BCUT2D eigenvalue weighted by molar-refractivity contribution is 5.85. The fourth-order valence-electron chi connectivity index (χ4n) is 4.66. The van der Waals surface area contributed by atoms with Crippen LogP contribution in [-0.2, 0) is 6.42 Å². The molecule has 2 atom stereocenters. The van der Waals surface area contributed by atoms with E-state index in [1.54, 1.807) is 13.8 Å². The molecule has 166 valence electrons. The molecule has 1 aromatic heterocycles. The number of aromatic nitrogens is 1. The summed E-state index contributed by atoms with van der Waals surface area (Å²) in [7, 11) is 0. The summed E-state index contributed by atoms with van der Waals surface area (Å²) >= 11 is 0. The number of hydrogen-bond donors (Lipinski definition) is 1. The summed E-state index contributed by atoms with van der Waals surface area (Å²) in [6, 6.07) is 9.40. The summed E-state index contributed by atoms with van der Waals surface area (Å²) < 4.78 is 51.0. The number of fused-ring (bicyclic) bond motifs is 3. The monoisotopic (exact) mass is 430 g/mol. The standard InChI is InChI=1S/C25H29F3N2O/c1-14(2)31-16-11-19(26)22(20(27)12-16)24-23-18(17-8-6-7-9-21(17)29-23)10-15(3)30(24)13-25(4,5)28/h6-9,11-12,14-15,24,29H,10,13H2,1-5H3/t15-,24?/m1/s1. The minimum atomic E-state index is -1.52. The van der Waals surface area contributed by atoms with E-state index < -0.39 is 23.3 Å². The van der Waals surface area contributed by atoms with Crippen molar-refractivity contribution in [1.82, 2.24) is 9.88 Å². The summed E-state index contributed by atoms with van der Waals surface area (Å²) in [5.74, 6) is -1.24. The summed E-state index contributed by atoms with van der Waals surface area (Å²) in [6.45, 7) is 8.61. The Labute approximate surface area is 181 Å². The Morgan fingerprint density at radius 2 is 1.81 bits per heavy atom. The number of nitrogens with zero attached hydrogens (tertiary/aromatic N) is 1. The number of aromatic amines is 1. The summed E-state index contributed by atoms with van der Waals surface area (Å²) in [6.07, 6.45) is 0.465. The molecule has 31 heavy (non-hydrogen) atoms. The van der Waals surface area contributed by atoms with E-state index >= 15 is 8.78 Å². The molecular weight excluding hydrogens is 401 g/mol. The highest BCUT2D eigenvalue weighted by Crippen LogP contribution is 2.43. The van der Waals surface area contributed by atoms with Crippen LogP contribution in [0.3, 0.4) is 0 Å². The number of hydrogen-bond acceptors (Lipinski definition) is 2. The van der Waals surface area contributed by atoms with Gasteiger partial charge in [-0.1, -0.05) is 18.2 Å². The smallest absolute Gasteiger partial charge is 0.135 e. The van der Waals surface area contributed by atoms with E-state index in [9.17, 15) is 4.39 Å². The molecule has 1 N–H and O–H groups in total. The summed E-state index contributed by atoms with van der Waals surface area (Å²) in [4.78, 5) is 5.24. The van der Waals surface area contributed by atoms with E-state index in [2.05, 4.69) is 4.98 Å². The number of benzene rings is 2. The Morgan fingerprint density at radius 3 is 2.42 bits per heavy atom. The first-order valence-electron chi connectivity index (χ1n) is 10.7. The van der Waals surface area contributed by atoms with Gasteiger partial charge >= 0.3 is 0 Å². The zero-order valence-electron chi connectivity index (χ0n) is 18.6. The van der Waals surface area contributed by atoms with Crippen molar-refractivity contribution in [3.63, 3.8) is 0 Å². The lowest BCUT2D eigenvalue weighted by Crippen LogP contribution is -2.48. The highest BCUT2D eigenvalue weighted by atomic mass is 19.1. The van der Waals surface area contributed by atoms with E-state index in [4.69, 9.17) is 4.74 Å². The molecule has 0 spiro atoms. The summed E-state index contributed by atoms with van der Waals surface area (Å²) in [5.41, 5.74) is 1.05. The van der Waals surface area contributed by atoms with Crippen molar-refractivity contribution in [1.29, 1.82) is 0 Å². The number of H-pyrrole nitrogens is 1. The third-order valence-electron chi connectivity index (χ3n) is 5.77. The molecule has 0 aliphatic carbocycles. The Bertz CT molecular complexity index is 1080. The highest BCUT2D eigenvalue weighted by Gasteiger charge is 2.41. The van der Waals surface area contributed by atoms with Crippen LogP contribution in [0.25, 0.3) is 10.9 Å². The fourth-order valence-corrected chi connectivity index (χ4v) is 4.66. The van der Waals surface area contributed by atoms with E-state index in [-0.39, 0.29) is 30.0 Å². The number of nitrogens with one attached hydrogen (secondary N) is 1. The van der Waals surface area contributed by atoms with Crippen molar-refractivity contribution >= 4 is 10.9 Å². The molecule has 0 fully saturated rings. The number of alkyl halides is 1. The largest absolute Gasteiger partial charge is 0.491 e. The second-order valence-corrected chi connectivity index (χ2v) is 9.38. The van der Waals surface area contributed by atoms with Crippen molar-refractivity contribution in [2.75, 3.05) is 6.54 Å². The van der Waals surface area contributed by atoms with Crippen LogP contribution in [0.5, 0.6) is 5.75 Å². The van der Waals surface area contributed by atoms with Crippen LogP contribution in [0, 0.1) is 11.6 Å². The molecule has 3 aromatic rings. The number of para-hydroxylation sites is 1. The van der Waals surface area contributed by atoms with Crippen molar-refractivity contribution in [2.45, 2.75) is 64.9 Å².